The van der Waals surface area contributed by atoms with Crippen molar-refractivity contribution in [3.8, 4) is 0 Å². The maximum atomic E-state index is 12.0. The number of ketones is 1. The van der Waals surface area contributed by atoms with E-state index in [0.29, 0.717) is 16.3 Å². The summed E-state index contributed by atoms with van der Waals surface area (Å²) in [6, 6.07) is 8.03. The van der Waals surface area contributed by atoms with E-state index in [4.69, 9.17) is 11.6 Å². The third-order valence-electron chi connectivity index (χ3n) is 2.48. The van der Waals surface area contributed by atoms with E-state index in [1.165, 1.54) is 17.0 Å². The normalized spacial score (nSPS) is 10.3. The molecular weight excluding hydrogens is 252 g/mol. The highest BCUT2D eigenvalue weighted by Crippen LogP contribution is 2.11. The summed E-state index contributed by atoms with van der Waals surface area (Å²) in [4.78, 5) is 27.6. The van der Waals surface area contributed by atoms with Crippen molar-refractivity contribution in [2.75, 3.05) is 0 Å². The Labute approximate surface area is 109 Å². The number of aromatic nitrogens is 2. The van der Waals surface area contributed by atoms with Crippen molar-refractivity contribution in [2.24, 2.45) is 0 Å². The Bertz CT molecular complexity index is 649. The number of rotatable bonds is 3. The van der Waals surface area contributed by atoms with Crippen molar-refractivity contribution in [1.29, 1.82) is 0 Å². The number of hydrogen-bond acceptors (Lipinski definition) is 3. The Hall–Kier alpha value is -1.94. The molecule has 0 unspecified atom stereocenters. The van der Waals surface area contributed by atoms with E-state index in [0.717, 1.165) is 0 Å². The van der Waals surface area contributed by atoms with Gasteiger partial charge in [-0.3, -0.25) is 14.2 Å². The molecule has 0 N–H and O–H groups in total. The summed E-state index contributed by atoms with van der Waals surface area (Å²) < 4.78 is 1.27. The van der Waals surface area contributed by atoms with Gasteiger partial charge in [0.05, 0.1) is 12.9 Å². The zero-order chi connectivity index (χ0) is 13.1. The second-order valence-corrected chi connectivity index (χ2v) is 4.37. The first kappa shape index (κ1) is 12.5. The van der Waals surface area contributed by atoms with Gasteiger partial charge in [-0.2, -0.15) is 0 Å². The van der Waals surface area contributed by atoms with Crippen LogP contribution in [-0.2, 0) is 6.54 Å². The number of carbonyl (C=O) groups excluding carboxylic acids is 1. The molecule has 0 fully saturated rings. The maximum absolute atomic E-state index is 12.0. The Kier molecular flexibility index (Phi) is 3.58. The monoisotopic (exact) mass is 262 g/mol. The molecule has 4 nitrogen and oxygen atoms in total. The lowest BCUT2D eigenvalue weighted by Gasteiger charge is -2.05. The van der Waals surface area contributed by atoms with E-state index in [9.17, 15) is 9.59 Å². The van der Waals surface area contributed by atoms with Crippen molar-refractivity contribution in [2.45, 2.75) is 13.5 Å². The summed E-state index contributed by atoms with van der Waals surface area (Å²) >= 11 is 5.81. The van der Waals surface area contributed by atoms with Gasteiger partial charge in [-0.25, -0.2) is 4.98 Å². The quantitative estimate of drug-likeness (QED) is 0.796. The SMILES string of the molecule is Cc1cc(=O)n(CC(=O)c2cccc(Cl)c2)cn1. The van der Waals surface area contributed by atoms with E-state index in [2.05, 4.69) is 4.98 Å². The highest BCUT2D eigenvalue weighted by Gasteiger charge is 2.08. The van der Waals surface area contributed by atoms with E-state index in [1.54, 1.807) is 31.2 Å². The molecule has 1 aromatic heterocycles. The minimum absolute atomic E-state index is 0.0353. The van der Waals surface area contributed by atoms with Gasteiger partial charge < -0.3 is 0 Å². The van der Waals surface area contributed by atoms with Crippen molar-refractivity contribution < 1.29 is 4.79 Å². The molecule has 0 radical (unpaired) electrons. The smallest absolute Gasteiger partial charge is 0.253 e. The van der Waals surface area contributed by atoms with Gasteiger partial charge in [0.2, 0.25) is 0 Å². The predicted molar refractivity (Wildman–Crippen MR) is 69.0 cm³/mol. The molecular formula is C13H11ClN2O2. The molecule has 0 amide bonds. The molecule has 2 rings (SSSR count). The number of halogens is 1. The summed E-state index contributed by atoms with van der Waals surface area (Å²) in [7, 11) is 0. The van der Waals surface area contributed by atoms with Crippen molar-refractivity contribution in [3.63, 3.8) is 0 Å². The molecule has 0 aliphatic heterocycles. The number of Topliss-reactive ketones (excluding diaryl/α,β-unsaturated/α-hetero) is 1. The molecule has 0 saturated heterocycles. The summed E-state index contributed by atoms with van der Waals surface area (Å²) in [6.45, 7) is 1.69. The van der Waals surface area contributed by atoms with Gasteiger partial charge in [0.25, 0.3) is 5.56 Å². The molecule has 0 aliphatic rings. The molecule has 0 spiro atoms. The van der Waals surface area contributed by atoms with E-state index in [1.807, 2.05) is 0 Å². The largest absolute Gasteiger partial charge is 0.292 e. The minimum Gasteiger partial charge on any atom is -0.292 e. The second kappa shape index (κ2) is 5.14. The van der Waals surface area contributed by atoms with Crippen LogP contribution in [0.1, 0.15) is 16.1 Å². The number of hydrogen-bond donors (Lipinski definition) is 0. The van der Waals surface area contributed by atoms with Gasteiger partial charge in [-0.1, -0.05) is 23.7 Å². The first-order chi connectivity index (χ1) is 8.56. The lowest BCUT2D eigenvalue weighted by molar-refractivity contribution is 0.0970. The Morgan fingerprint density at radius 3 is 2.83 bits per heavy atom. The van der Waals surface area contributed by atoms with E-state index < -0.39 is 0 Å². The Balaban J connectivity index is 2.24. The fourth-order valence-corrected chi connectivity index (χ4v) is 1.73. The van der Waals surface area contributed by atoms with Crippen LogP contribution in [0.15, 0.2) is 41.5 Å². The fraction of sp³-hybridized carbons (Fsp3) is 0.154. The maximum Gasteiger partial charge on any atom is 0.253 e. The lowest BCUT2D eigenvalue weighted by atomic mass is 10.1. The fourth-order valence-electron chi connectivity index (χ4n) is 1.54. The first-order valence-corrected chi connectivity index (χ1v) is 5.76. The standard InChI is InChI=1S/C13H11ClN2O2/c1-9-5-13(18)16(8-15-9)7-12(17)10-3-2-4-11(14)6-10/h2-6,8H,7H2,1H3. The van der Waals surface area contributed by atoms with Crippen molar-refractivity contribution in [1.82, 2.24) is 9.55 Å². The molecule has 0 bridgehead atoms. The number of aryl methyl sites for hydroxylation is 1. The predicted octanol–water partition coefficient (Wildman–Crippen LogP) is 2.09. The van der Waals surface area contributed by atoms with E-state index in [-0.39, 0.29) is 17.9 Å². The molecule has 92 valence electrons. The number of nitrogens with zero attached hydrogens (tertiary/aromatic N) is 2. The second-order valence-electron chi connectivity index (χ2n) is 3.93. The Morgan fingerprint density at radius 2 is 2.17 bits per heavy atom. The molecule has 0 atom stereocenters. The third-order valence-corrected chi connectivity index (χ3v) is 2.71. The van der Waals surface area contributed by atoms with Gasteiger partial charge in [0.15, 0.2) is 5.78 Å². The van der Waals surface area contributed by atoms with Gasteiger partial charge >= 0.3 is 0 Å². The summed E-state index contributed by atoms with van der Waals surface area (Å²) in [5, 5.41) is 0.496. The molecule has 1 heterocycles. The van der Waals surface area contributed by atoms with Crippen LogP contribution in [0.25, 0.3) is 0 Å². The van der Waals surface area contributed by atoms with Crippen LogP contribution >= 0.6 is 11.6 Å². The van der Waals surface area contributed by atoms with Gasteiger partial charge in [0.1, 0.15) is 0 Å². The number of benzene rings is 1. The topological polar surface area (TPSA) is 52.0 Å². The number of carbonyl (C=O) groups is 1. The summed E-state index contributed by atoms with van der Waals surface area (Å²) in [5.74, 6) is -0.176. The van der Waals surface area contributed by atoms with Crippen LogP contribution < -0.4 is 5.56 Å². The van der Waals surface area contributed by atoms with Crippen LogP contribution in [0, 0.1) is 6.92 Å². The van der Waals surface area contributed by atoms with Gasteiger partial charge in [0, 0.05) is 22.3 Å². The first-order valence-electron chi connectivity index (χ1n) is 5.38. The molecule has 0 aliphatic carbocycles. The summed E-state index contributed by atoms with van der Waals surface area (Å²) in [5.41, 5.74) is 0.874. The van der Waals surface area contributed by atoms with E-state index >= 15 is 0 Å². The minimum atomic E-state index is -0.238. The van der Waals surface area contributed by atoms with Crippen LogP contribution in [0.5, 0.6) is 0 Å². The average Bonchev–Trinajstić information content (AvgIpc) is 2.32. The third kappa shape index (κ3) is 2.84. The molecule has 0 saturated carbocycles. The zero-order valence-corrected chi connectivity index (χ0v) is 10.5. The highest BCUT2D eigenvalue weighted by molar-refractivity contribution is 6.31. The average molecular weight is 263 g/mol. The molecule has 2 aromatic rings. The van der Waals surface area contributed by atoms with Crippen LogP contribution in [0.3, 0.4) is 0 Å². The Morgan fingerprint density at radius 1 is 1.39 bits per heavy atom. The van der Waals surface area contributed by atoms with Crippen molar-refractivity contribution >= 4 is 17.4 Å². The molecule has 1 aromatic carbocycles. The molecule has 5 heteroatoms. The van der Waals surface area contributed by atoms with Crippen LogP contribution in [0.4, 0.5) is 0 Å². The molecule has 18 heavy (non-hydrogen) atoms. The lowest BCUT2D eigenvalue weighted by Crippen LogP contribution is -2.24. The van der Waals surface area contributed by atoms with Gasteiger partial charge in [-0.05, 0) is 19.1 Å². The van der Waals surface area contributed by atoms with Gasteiger partial charge in [-0.15, -0.1) is 0 Å². The van der Waals surface area contributed by atoms with Crippen molar-refractivity contribution in [3.05, 3.63) is 63.3 Å². The van der Waals surface area contributed by atoms with Crippen LogP contribution in [-0.4, -0.2) is 15.3 Å². The highest BCUT2D eigenvalue weighted by atomic mass is 35.5. The zero-order valence-electron chi connectivity index (χ0n) is 9.76. The van der Waals surface area contributed by atoms with Crippen LogP contribution in [0.2, 0.25) is 5.02 Å². The summed E-state index contributed by atoms with van der Waals surface area (Å²) in [6.07, 6.45) is 1.38.